The number of hydrogen-bond acceptors (Lipinski definition) is 3. The van der Waals surface area contributed by atoms with Crippen molar-refractivity contribution in [3.8, 4) is 0 Å². The van der Waals surface area contributed by atoms with Gasteiger partial charge in [-0.2, -0.15) is 0 Å². The van der Waals surface area contributed by atoms with Crippen LogP contribution >= 0.6 is 0 Å². The van der Waals surface area contributed by atoms with E-state index in [1.807, 2.05) is 0 Å². The van der Waals surface area contributed by atoms with Crippen LogP contribution in [0.15, 0.2) is 0 Å². The smallest absolute Gasteiger partial charge is 0.323 e. The molecular weight excluding hydrogens is 200 g/mol. The van der Waals surface area contributed by atoms with Gasteiger partial charge in [0.15, 0.2) is 0 Å². The van der Waals surface area contributed by atoms with Crippen molar-refractivity contribution in [1.29, 1.82) is 0 Å². The largest absolute Gasteiger partial charge is 0.480 e. The van der Waals surface area contributed by atoms with Gasteiger partial charge in [0, 0.05) is 26.4 Å². The number of carboxylic acid groups (broad SMARTS) is 1. The molecule has 0 aromatic heterocycles. The van der Waals surface area contributed by atoms with Gasteiger partial charge in [-0.05, 0) is 6.92 Å². The predicted octanol–water partition coefficient (Wildman–Crippen LogP) is -0.554. The molecule has 0 fully saturated rings. The van der Waals surface area contributed by atoms with Crippen molar-refractivity contribution in [3.63, 3.8) is 0 Å². The zero-order valence-corrected chi connectivity index (χ0v) is 8.95. The first-order chi connectivity index (χ1) is 6.97. The molecular formula is C9H16N2O4. The fourth-order valence-corrected chi connectivity index (χ4v) is 1.04. The second-order valence-corrected chi connectivity index (χ2v) is 3.03. The Morgan fingerprint density at radius 2 is 1.93 bits per heavy atom. The van der Waals surface area contributed by atoms with Crippen molar-refractivity contribution in [1.82, 2.24) is 10.2 Å². The third-order valence-electron chi connectivity index (χ3n) is 1.77. The highest BCUT2D eigenvalue weighted by Crippen LogP contribution is 1.93. The van der Waals surface area contributed by atoms with Crippen molar-refractivity contribution in [2.45, 2.75) is 20.3 Å². The molecule has 0 aliphatic carbocycles. The Kier molecular flexibility index (Phi) is 6.08. The number of likely N-dealkylation sites (N-methyl/N-ethyl adjacent to an activating group) is 1. The van der Waals surface area contributed by atoms with Gasteiger partial charge in [0.2, 0.25) is 11.8 Å². The molecule has 0 saturated carbocycles. The molecule has 15 heavy (non-hydrogen) atoms. The maximum Gasteiger partial charge on any atom is 0.323 e. The van der Waals surface area contributed by atoms with Crippen molar-refractivity contribution in [2.75, 3.05) is 19.6 Å². The summed E-state index contributed by atoms with van der Waals surface area (Å²) in [5.74, 6) is -1.51. The lowest BCUT2D eigenvalue weighted by Crippen LogP contribution is -2.37. The molecule has 2 N–H and O–H groups in total. The monoisotopic (exact) mass is 216 g/mol. The quantitative estimate of drug-likeness (QED) is 0.623. The summed E-state index contributed by atoms with van der Waals surface area (Å²) < 4.78 is 0. The number of carboxylic acids is 1. The van der Waals surface area contributed by atoms with Gasteiger partial charge in [0.1, 0.15) is 6.54 Å². The molecule has 0 saturated heterocycles. The maximum absolute atomic E-state index is 11.4. The van der Waals surface area contributed by atoms with E-state index in [4.69, 9.17) is 5.11 Å². The molecule has 0 atom stereocenters. The fourth-order valence-electron chi connectivity index (χ4n) is 1.04. The summed E-state index contributed by atoms with van der Waals surface area (Å²) in [5, 5.41) is 11.0. The lowest BCUT2D eigenvalue weighted by molar-refractivity contribution is -0.144. The molecule has 0 aliphatic heterocycles. The van der Waals surface area contributed by atoms with E-state index < -0.39 is 5.97 Å². The van der Waals surface area contributed by atoms with Crippen molar-refractivity contribution in [2.24, 2.45) is 0 Å². The van der Waals surface area contributed by atoms with Crippen LogP contribution in [0.4, 0.5) is 0 Å². The molecule has 0 heterocycles. The Bertz CT molecular complexity index is 252. The number of nitrogens with one attached hydrogen (secondary N) is 1. The average Bonchev–Trinajstić information content (AvgIpc) is 2.13. The minimum Gasteiger partial charge on any atom is -0.480 e. The van der Waals surface area contributed by atoms with E-state index in [0.717, 1.165) is 0 Å². The summed E-state index contributed by atoms with van der Waals surface area (Å²) in [7, 11) is 0. The van der Waals surface area contributed by atoms with Crippen molar-refractivity contribution < 1.29 is 19.5 Å². The molecule has 0 rings (SSSR count). The van der Waals surface area contributed by atoms with Gasteiger partial charge in [-0.15, -0.1) is 0 Å². The van der Waals surface area contributed by atoms with Crippen molar-refractivity contribution >= 4 is 17.8 Å². The van der Waals surface area contributed by atoms with Crippen LogP contribution in [0, 0.1) is 0 Å². The number of amides is 2. The molecule has 0 unspecified atom stereocenters. The zero-order chi connectivity index (χ0) is 11.8. The first kappa shape index (κ1) is 13.4. The Balaban J connectivity index is 3.93. The van der Waals surface area contributed by atoms with Crippen LogP contribution < -0.4 is 5.32 Å². The molecule has 6 nitrogen and oxygen atoms in total. The molecule has 86 valence electrons. The Morgan fingerprint density at radius 3 is 2.33 bits per heavy atom. The van der Waals surface area contributed by atoms with E-state index in [2.05, 4.69) is 5.32 Å². The van der Waals surface area contributed by atoms with Gasteiger partial charge in [0.25, 0.3) is 0 Å². The molecule has 0 aromatic carbocycles. The molecule has 0 aromatic rings. The maximum atomic E-state index is 11.4. The van der Waals surface area contributed by atoms with Gasteiger partial charge in [0.05, 0.1) is 0 Å². The highest BCUT2D eigenvalue weighted by atomic mass is 16.4. The molecule has 0 radical (unpaired) electrons. The van der Waals surface area contributed by atoms with Crippen LogP contribution in [0.1, 0.15) is 20.3 Å². The second kappa shape index (κ2) is 6.80. The van der Waals surface area contributed by atoms with Gasteiger partial charge >= 0.3 is 5.97 Å². The number of rotatable bonds is 6. The molecule has 0 bridgehead atoms. The topological polar surface area (TPSA) is 86.7 Å². The Hall–Kier alpha value is -1.59. The molecule has 2 amide bonds. The number of carbonyl (C=O) groups excluding carboxylic acids is 2. The van der Waals surface area contributed by atoms with Gasteiger partial charge in [-0.25, -0.2) is 0 Å². The lowest BCUT2D eigenvalue weighted by atomic mass is 10.3. The van der Waals surface area contributed by atoms with Gasteiger partial charge in [-0.3, -0.25) is 14.4 Å². The van der Waals surface area contributed by atoms with Crippen LogP contribution in [0.5, 0.6) is 0 Å². The van der Waals surface area contributed by atoms with Crippen LogP contribution in [0.2, 0.25) is 0 Å². The van der Waals surface area contributed by atoms with E-state index in [9.17, 15) is 14.4 Å². The highest BCUT2D eigenvalue weighted by molar-refractivity contribution is 5.82. The standard InChI is InChI=1S/C9H16N2O4/c1-3-11(6-9(14)15)8(13)4-5-10-7(2)12/h3-6H2,1-2H3,(H,10,12)(H,14,15). The molecule has 0 spiro atoms. The van der Waals surface area contributed by atoms with E-state index in [1.54, 1.807) is 6.92 Å². The van der Waals surface area contributed by atoms with E-state index in [-0.39, 0.29) is 31.3 Å². The summed E-state index contributed by atoms with van der Waals surface area (Å²) in [6, 6.07) is 0. The van der Waals surface area contributed by atoms with E-state index >= 15 is 0 Å². The third kappa shape index (κ3) is 6.48. The predicted molar refractivity (Wildman–Crippen MR) is 53.2 cm³/mol. The second-order valence-electron chi connectivity index (χ2n) is 3.03. The third-order valence-corrected chi connectivity index (χ3v) is 1.77. The van der Waals surface area contributed by atoms with Crippen molar-refractivity contribution in [3.05, 3.63) is 0 Å². The fraction of sp³-hybridized carbons (Fsp3) is 0.667. The normalized spacial score (nSPS) is 9.47. The number of aliphatic carboxylic acids is 1. The molecule has 6 heteroatoms. The minimum atomic E-state index is -1.04. The number of hydrogen-bond donors (Lipinski definition) is 2. The van der Waals surface area contributed by atoms with Crippen LogP contribution in [-0.2, 0) is 14.4 Å². The average molecular weight is 216 g/mol. The highest BCUT2D eigenvalue weighted by Gasteiger charge is 2.14. The zero-order valence-electron chi connectivity index (χ0n) is 8.95. The SMILES string of the molecule is CCN(CC(=O)O)C(=O)CCNC(C)=O. The van der Waals surface area contributed by atoms with Crippen LogP contribution in [0.3, 0.4) is 0 Å². The summed E-state index contributed by atoms with van der Waals surface area (Å²) in [5.41, 5.74) is 0. The first-order valence-corrected chi connectivity index (χ1v) is 4.71. The van der Waals surface area contributed by atoms with Gasteiger partial charge in [-0.1, -0.05) is 0 Å². The van der Waals surface area contributed by atoms with E-state index in [0.29, 0.717) is 6.54 Å². The minimum absolute atomic E-state index is 0.126. The van der Waals surface area contributed by atoms with Gasteiger partial charge < -0.3 is 15.3 Å². The molecule has 0 aliphatic rings. The first-order valence-electron chi connectivity index (χ1n) is 4.71. The lowest BCUT2D eigenvalue weighted by Gasteiger charge is -2.18. The van der Waals surface area contributed by atoms with E-state index in [1.165, 1.54) is 11.8 Å². The number of carbonyl (C=O) groups is 3. The van der Waals surface area contributed by atoms with Crippen LogP contribution in [0.25, 0.3) is 0 Å². The summed E-state index contributed by atoms with van der Waals surface area (Å²) in [6.45, 7) is 3.36. The van der Waals surface area contributed by atoms with Crippen LogP contribution in [-0.4, -0.2) is 47.4 Å². The summed E-state index contributed by atoms with van der Waals surface area (Å²) in [4.78, 5) is 33.5. The summed E-state index contributed by atoms with van der Waals surface area (Å²) >= 11 is 0. The Morgan fingerprint density at radius 1 is 1.33 bits per heavy atom. The summed E-state index contributed by atoms with van der Waals surface area (Å²) in [6.07, 6.45) is 0.126. The number of nitrogens with zero attached hydrogens (tertiary/aromatic N) is 1. The Labute approximate surface area is 88.2 Å².